The minimum atomic E-state index is 0.719. The highest BCUT2D eigenvalue weighted by atomic mass is 16.5. The number of aromatic nitrogens is 1. The van der Waals surface area contributed by atoms with E-state index in [-0.39, 0.29) is 0 Å². The summed E-state index contributed by atoms with van der Waals surface area (Å²) in [6.45, 7) is 0.899. The second-order valence-corrected chi connectivity index (χ2v) is 9.32. The first kappa shape index (κ1) is 17.5. The molecule has 0 amide bonds. The summed E-state index contributed by atoms with van der Waals surface area (Å²) in [5.74, 6) is 3.99. The molecule has 4 bridgehead atoms. The smallest absolute Gasteiger partial charge is 0.0464 e. The van der Waals surface area contributed by atoms with Crippen LogP contribution in [0.15, 0.2) is 24.5 Å². The summed E-state index contributed by atoms with van der Waals surface area (Å²) in [6, 6.07) is 4.24. The summed E-state index contributed by atoms with van der Waals surface area (Å²) in [5.41, 5.74) is 2.03. The second kappa shape index (κ2) is 7.78. The van der Waals surface area contributed by atoms with Crippen LogP contribution in [0.1, 0.15) is 69.8 Å². The van der Waals surface area contributed by atoms with Crippen LogP contribution < -0.4 is 0 Å². The van der Waals surface area contributed by atoms with Crippen LogP contribution in [0.2, 0.25) is 0 Å². The molecule has 0 aromatic carbocycles. The molecule has 1 heterocycles. The number of ether oxygens (including phenoxy) is 1. The fourth-order valence-electron chi connectivity index (χ4n) is 6.57. The van der Waals surface area contributed by atoms with E-state index in [2.05, 4.69) is 23.5 Å². The monoisotopic (exact) mass is 340 g/mol. The zero-order valence-electron chi connectivity index (χ0n) is 15.8. The average Bonchev–Trinajstić information content (AvgIpc) is 2.61. The molecule has 1 aromatic heterocycles. The van der Waals surface area contributed by atoms with E-state index in [1.807, 2.05) is 19.5 Å². The third-order valence-corrected chi connectivity index (χ3v) is 7.37. The third kappa shape index (κ3) is 4.27. The van der Waals surface area contributed by atoms with E-state index in [4.69, 9.17) is 4.74 Å². The highest BCUT2D eigenvalue weighted by Gasteiger charge is 2.50. The first-order valence-corrected chi connectivity index (χ1v) is 10.5. The fraction of sp³-hybridized carbons (Fsp3) is 0.739. The van der Waals surface area contributed by atoms with Crippen LogP contribution in [-0.4, -0.2) is 18.7 Å². The van der Waals surface area contributed by atoms with E-state index >= 15 is 0 Å². The lowest BCUT2D eigenvalue weighted by molar-refractivity contribution is -0.0604. The van der Waals surface area contributed by atoms with Crippen molar-refractivity contribution in [2.45, 2.75) is 64.2 Å². The molecule has 1 unspecified atom stereocenters. The van der Waals surface area contributed by atoms with Crippen LogP contribution in [-0.2, 0) is 4.74 Å². The molecule has 1 radical (unpaired) electrons. The number of hydrogen-bond acceptors (Lipinski definition) is 2. The van der Waals surface area contributed by atoms with Gasteiger partial charge in [-0.1, -0.05) is 0 Å². The number of pyridine rings is 1. The molecule has 0 N–H and O–H groups in total. The van der Waals surface area contributed by atoms with Gasteiger partial charge in [-0.2, -0.15) is 0 Å². The number of hydrogen-bond donors (Lipinski definition) is 0. The molecule has 2 nitrogen and oxygen atoms in total. The third-order valence-electron chi connectivity index (χ3n) is 7.37. The van der Waals surface area contributed by atoms with Gasteiger partial charge in [0.2, 0.25) is 0 Å². The highest BCUT2D eigenvalue weighted by molar-refractivity contribution is 5.19. The second-order valence-electron chi connectivity index (χ2n) is 9.32. The van der Waals surface area contributed by atoms with Crippen molar-refractivity contribution in [3.63, 3.8) is 0 Å². The molecule has 0 aliphatic heterocycles. The van der Waals surface area contributed by atoms with E-state index in [1.54, 1.807) is 38.5 Å². The van der Waals surface area contributed by atoms with Crippen LogP contribution >= 0.6 is 0 Å². The van der Waals surface area contributed by atoms with Gasteiger partial charge in [0.25, 0.3) is 0 Å². The van der Waals surface area contributed by atoms with Gasteiger partial charge in [0.1, 0.15) is 0 Å². The molecular formula is C23H34NO. The Balaban J connectivity index is 1.32. The van der Waals surface area contributed by atoms with Crippen LogP contribution in [0, 0.1) is 35.5 Å². The molecule has 0 spiro atoms. The summed E-state index contributed by atoms with van der Waals surface area (Å²) in [6.07, 6.45) is 20.7. The Hall–Kier alpha value is -0.890. The summed E-state index contributed by atoms with van der Waals surface area (Å²) >= 11 is 0. The molecule has 5 rings (SSSR count). The average molecular weight is 341 g/mol. The number of nitrogens with zero attached hydrogens (tertiary/aromatic N) is 1. The van der Waals surface area contributed by atoms with Crippen molar-refractivity contribution in [2.75, 3.05) is 13.7 Å². The summed E-state index contributed by atoms with van der Waals surface area (Å²) in [4.78, 5) is 4.12. The summed E-state index contributed by atoms with van der Waals surface area (Å²) in [7, 11) is 1.84. The quantitative estimate of drug-likeness (QED) is 0.577. The van der Waals surface area contributed by atoms with Crippen LogP contribution in [0.25, 0.3) is 0 Å². The first-order chi connectivity index (χ1) is 12.2. The van der Waals surface area contributed by atoms with Crippen LogP contribution in [0.3, 0.4) is 0 Å². The molecular weight excluding hydrogens is 306 g/mol. The lowest BCUT2D eigenvalue weighted by Gasteiger charge is -2.57. The van der Waals surface area contributed by atoms with Crippen LogP contribution in [0.4, 0.5) is 0 Å². The molecule has 2 heteroatoms. The Morgan fingerprint density at radius 3 is 2.32 bits per heavy atom. The van der Waals surface area contributed by atoms with Gasteiger partial charge in [0.05, 0.1) is 0 Å². The molecule has 0 saturated heterocycles. The van der Waals surface area contributed by atoms with Crippen molar-refractivity contribution in [2.24, 2.45) is 29.1 Å². The normalized spacial score (nSPS) is 34.4. The first-order valence-electron chi connectivity index (χ1n) is 10.5. The lowest BCUT2D eigenvalue weighted by Crippen LogP contribution is -2.46. The fourth-order valence-corrected chi connectivity index (χ4v) is 6.57. The summed E-state index contributed by atoms with van der Waals surface area (Å²) < 4.78 is 5.40. The van der Waals surface area contributed by atoms with Gasteiger partial charge in [0, 0.05) is 26.1 Å². The number of rotatable bonds is 9. The van der Waals surface area contributed by atoms with Gasteiger partial charge in [-0.25, -0.2) is 0 Å². The van der Waals surface area contributed by atoms with Crippen molar-refractivity contribution < 1.29 is 4.74 Å². The van der Waals surface area contributed by atoms with Crippen LogP contribution in [0.5, 0.6) is 0 Å². The lowest BCUT2D eigenvalue weighted by atomic mass is 9.48. The molecule has 4 fully saturated rings. The molecule has 4 aliphatic carbocycles. The van der Waals surface area contributed by atoms with Gasteiger partial charge < -0.3 is 4.74 Å². The SMILES string of the molecule is COCCC(C[CH]c1ccncc1)CCC12CC3CC(CC(C3)C1)C2. The standard InChI is InChI=1S/C23H34NO/c1-25-11-7-18(2-3-19-5-9-24-10-6-19)4-8-23-15-20-12-21(16-23)14-22(13-20)17-23/h3,5-6,9-10,18,20-22H,2,4,7-8,11-17H2,1H3. The van der Waals surface area contributed by atoms with E-state index < -0.39 is 0 Å². The van der Waals surface area contributed by atoms with E-state index in [9.17, 15) is 0 Å². The van der Waals surface area contributed by atoms with Crippen molar-refractivity contribution in [1.82, 2.24) is 4.98 Å². The molecule has 137 valence electrons. The number of methoxy groups -OCH3 is 1. The van der Waals surface area contributed by atoms with E-state index in [1.165, 1.54) is 31.2 Å². The van der Waals surface area contributed by atoms with Crippen molar-refractivity contribution in [1.29, 1.82) is 0 Å². The Bertz CT molecular complexity index is 505. The maximum absolute atomic E-state index is 5.40. The van der Waals surface area contributed by atoms with Gasteiger partial charge in [-0.3, -0.25) is 4.98 Å². The van der Waals surface area contributed by atoms with Crippen molar-refractivity contribution >= 4 is 0 Å². The molecule has 25 heavy (non-hydrogen) atoms. The minimum Gasteiger partial charge on any atom is -0.385 e. The van der Waals surface area contributed by atoms with Crippen molar-refractivity contribution in [3.05, 3.63) is 36.5 Å². The van der Waals surface area contributed by atoms with E-state index in [0.29, 0.717) is 0 Å². The molecule has 4 saturated carbocycles. The molecule has 4 aliphatic rings. The van der Waals surface area contributed by atoms with Gasteiger partial charge in [0.15, 0.2) is 0 Å². The Morgan fingerprint density at radius 2 is 1.72 bits per heavy atom. The zero-order chi connectivity index (χ0) is 17.1. The highest BCUT2D eigenvalue weighted by Crippen LogP contribution is 2.61. The Morgan fingerprint density at radius 1 is 1.08 bits per heavy atom. The predicted molar refractivity (Wildman–Crippen MR) is 102 cm³/mol. The largest absolute Gasteiger partial charge is 0.385 e. The van der Waals surface area contributed by atoms with Gasteiger partial charge in [-0.05, 0) is 117 Å². The van der Waals surface area contributed by atoms with Gasteiger partial charge >= 0.3 is 0 Å². The minimum absolute atomic E-state index is 0.719. The van der Waals surface area contributed by atoms with Crippen molar-refractivity contribution in [3.8, 4) is 0 Å². The Kier molecular flexibility index (Phi) is 5.45. The maximum Gasteiger partial charge on any atom is 0.0464 e. The summed E-state index contributed by atoms with van der Waals surface area (Å²) in [5, 5.41) is 0. The topological polar surface area (TPSA) is 22.1 Å². The molecule has 1 atom stereocenters. The van der Waals surface area contributed by atoms with E-state index in [0.717, 1.165) is 35.7 Å². The zero-order valence-corrected chi connectivity index (χ0v) is 15.8. The maximum atomic E-state index is 5.40. The Labute approximate surface area is 153 Å². The van der Waals surface area contributed by atoms with Gasteiger partial charge in [-0.15, -0.1) is 0 Å². The molecule has 1 aromatic rings. The predicted octanol–water partition coefficient (Wildman–Crippen LogP) is 5.67.